The summed E-state index contributed by atoms with van der Waals surface area (Å²) in [6.07, 6.45) is -0.720. The highest BCUT2D eigenvalue weighted by molar-refractivity contribution is 5.92. The molecule has 2 rings (SSSR count). The van der Waals surface area contributed by atoms with Crippen LogP contribution >= 0.6 is 0 Å². The fraction of sp³-hybridized carbons (Fsp3) is 0.429. The van der Waals surface area contributed by atoms with E-state index >= 15 is 0 Å². The summed E-state index contributed by atoms with van der Waals surface area (Å²) >= 11 is 0. The van der Waals surface area contributed by atoms with Gasteiger partial charge in [-0.25, -0.2) is 4.79 Å². The summed E-state index contributed by atoms with van der Waals surface area (Å²) in [5.41, 5.74) is 1.06. The Hall–Kier alpha value is -2.28. The maximum atomic E-state index is 11.6. The van der Waals surface area contributed by atoms with Crippen molar-refractivity contribution in [2.45, 2.75) is 0 Å². The number of phenols is 1. The lowest BCUT2D eigenvalue weighted by atomic mass is 10.2. The van der Waals surface area contributed by atoms with Crippen LogP contribution in [0, 0.1) is 0 Å². The fourth-order valence-corrected chi connectivity index (χ4v) is 2.36. The molecule has 1 aromatic carbocycles. The van der Waals surface area contributed by atoms with Gasteiger partial charge in [-0.15, -0.1) is 0 Å². The van der Waals surface area contributed by atoms with E-state index in [1.165, 1.54) is 7.11 Å². The van der Waals surface area contributed by atoms with E-state index in [1.807, 2.05) is 12.1 Å². The first kappa shape index (κ1) is 15.1. The molecule has 0 aliphatic carbocycles. The molecule has 7 heteroatoms. The zero-order valence-electron chi connectivity index (χ0n) is 12.0. The second-order valence-electron chi connectivity index (χ2n) is 4.97. The summed E-state index contributed by atoms with van der Waals surface area (Å²) < 4.78 is 4.39. The van der Waals surface area contributed by atoms with Gasteiger partial charge >= 0.3 is 6.09 Å². The monoisotopic (exact) mass is 294 g/mol. The number of piperazine rings is 1. The van der Waals surface area contributed by atoms with Crippen LogP contribution < -0.4 is 15.1 Å². The molecule has 21 heavy (non-hydrogen) atoms. The molecule has 0 radical (unpaired) electrons. The van der Waals surface area contributed by atoms with Crippen LogP contribution in [0.3, 0.4) is 0 Å². The van der Waals surface area contributed by atoms with Crippen molar-refractivity contribution < 1.29 is 24.3 Å². The predicted molar refractivity (Wildman–Crippen MR) is 76.4 cm³/mol. The Morgan fingerprint density at radius 3 is 2.48 bits per heavy atom. The Morgan fingerprint density at radius 2 is 1.90 bits per heavy atom. The van der Waals surface area contributed by atoms with E-state index in [0.717, 1.165) is 36.8 Å². The van der Waals surface area contributed by atoms with Crippen molar-refractivity contribution in [3.05, 3.63) is 24.3 Å². The fourth-order valence-electron chi connectivity index (χ4n) is 2.36. The zero-order valence-corrected chi connectivity index (χ0v) is 12.0. The normalized spacial score (nSPS) is 15.6. The number of methoxy groups -OCH3 is 1. The number of aromatic hydroxyl groups is 1. The summed E-state index contributed by atoms with van der Waals surface area (Å²) in [5, 5.41) is 11.4. The number of alkyl carbamates (subject to hydrolysis) is 1. The van der Waals surface area contributed by atoms with E-state index in [2.05, 4.69) is 15.0 Å². The van der Waals surface area contributed by atoms with Crippen molar-refractivity contribution in [1.82, 2.24) is 5.32 Å². The molecular formula is C14H20N3O4+. The molecule has 1 aliphatic rings. The van der Waals surface area contributed by atoms with Crippen molar-refractivity contribution >= 4 is 17.7 Å². The van der Waals surface area contributed by atoms with Crippen LogP contribution in [-0.2, 0) is 9.53 Å². The highest BCUT2D eigenvalue weighted by Gasteiger charge is 2.23. The highest BCUT2D eigenvalue weighted by atomic mass is 16.5. The molecular weight excluding hydrogens is 274 g/mol. The number of hydrogen-bond acceptors (Lipinski definition) is 5. The molecule has 1 aromatic rings. The molecule has 0 atom stereocenters. The number of imide groups is 1. The Balaban J connectivity index is 1.79. The number of nitrogens with zero attached hydrogens (tertiary/aromatic N) is 1. The molecule has 1 aliphatic heterocycles. The topological polar surface area (TPSA) is 83.3 Å². The second kappa shape index (κ2) is 6.94. The first-order valence-corrected chi connectivity index (χ1v) is 6.84. The maximum absolute atomic E-state index is 11.6. The van der Waals surface area contributed by atoms with Crippen molar-refractivity contribution in [3.8, 4) is 5.75 Å². The standard InChI is InChI=1S/C14H19N3O4/c1-21-14(20)15-13(19)10-16-6-8-17(9-7-16)11-2-4-12(18)5-3-11/h2-5,18H,6-10H2,1H3,(H,15,19,20)/p+1. The number of carbonyl (C=O) groups excluding carboxylic acids is 2. The molecule has 1 fully saturated rings. The third kappa shape index (κ3) is 4.35. The Bertz CT molecular complexity index is 495. The van der Waals surface area contributed by atoms with Crippen molar-refractivity contribution in [3.63, 3.8) is 0 Å². The number of nitrogens with one attached hydrogen (secondary N) is 2. The summed E-state index contributed by atoms with van der Waals surface area (Å²) in [7, 11) is 1.23. The number of rotatable bonds is 3. The molecule has 0 spiro atoms. The number of carbonyl (C=O) groups is 2. The number of anilines is 1. The molecule has 7 nitrogen and oxygen atoms in total. The minimum atomic E-state index is -0.720. The SMILES string of the molecule is COC(=O)NC(=O)C[NH+]1CCN(c2ccc(O)cc2)CC1. The molecule has 0 aromatic heterocycles. The van der Waals surface area contributed by atoms with Crippen LogP contribution in [-0.4, -0.2) is 56.9 Å². The van der Waals surface area contributed by atoms with Gasteiger partial charge in [-0.1, -0.05) is 0 Å². The summed E-state index contributed by atoms with van der Waals surface area (Å²) in [4.78, 5) is 25.9. The number of benzene rings is 1. The molecule has 0 bridgehead atoms. The van der Waals surface area contributed by atoms with E-state index in [1.54, 1.807) is 12.1 Å². The van der Waals surface area contributed by atoms with Crippen molar-refractivity contribution in [2.75, 3.05) is 44.7 Å². The van der Waals surface area contributed by atoms with Gasteiger partial charge in [0, 0.05) is 5.69 Å². The third-order valence-corrected chi connectivity index (χ3v) is 3.52. The van der Waals surface area contributed by atoms with Gasteiger partial charge in [0.05, 0.1) is 33.3 Å². The van der Waals surface area contributed by atoms with Gasteiger partial charge in [-0.2, -0.15) is 0 Å². The first-order valence-electron chi connectivity index (χ1n) is 6.84. The summed E-state index contributed by atoms with van der Waals surface area (Å²) in [6.45, 7) is 3.54. The minimum absolute atomic E-state index is 0.252. The molecule has 3 N–H and O–H groups in total. The van der Waals surface area contributed by atoms with Crippen molar-refractivity contribution in [1.29, 1.82) is 0 Å². The largest absolute Gasteiger partial charge is 0.508 e. The zero-order chi connectivity index (χ0) is 15.2. The van der Waals surface area contributed by atoms with Crippen molar-refractivity contribution in [2.24, 2.45) is 0 Å². The molecule has 0 saturated carbocycles. The number of phenolic OH excluding ortho intramolecular Hbond substituents is 1. The van der Waals surface area contributed by atoms with Crippen LogP contribution in [0.5, 0.6) is 5.75 Å². The van der Waals surface area contributed by atoms with Gasteiger partial charge in [0.25, 0.3) is 5.91 Å². The average molecular weight is 294 g/mol. The van der Waals surface area contributed by atoms with Gasteiger partial charge in [0.15, 0.2) is 6.54 Å². The van der Waals surface area contributed by atoms with E-state index in [4.69, 9.17) is 0 Å². The molecule has 2 amide bonds. The van der Waals surface area contributed by atoms with Crippen LogP contribution in [0.15, 0.2) is 24.3 Å². The Morgan fingerprint density at radius 1 is 1.29 bits per heavy atom. The number of amides is 2. The number of hydrogen-bond donors (Lipinski definition) is 3. The molecule has 0 unspecified atom stereocenters. The number of ether oxygens (including phenoxy) is 1. The molecule has 114 valence electrons. The molecule has 1 heterocycles. The Kier molecular flexibility index (Phi) is 4.99. The van der Waals surface area contributed by atoms with Gasteiger partial charge in [-0.3, -0.25) is 10.1 Å². The smallest absolute Gasteiger partial charge is 0.413 e. The van der Waals surface area contributed by atoms with Crippen LogP contribution in [0.1, 0.15) is 0 Å². The minimum Gasteiger partial charge on any atom is -0.508 e. The van der Waals surface area contributed by atoms with Gasteiger partial charge in [0.2, 0.25) is 0 Å². The maximum Gasteiger partial charge on any atom is 0.413 e. The van der Waals surface area contributed by atoms with Crippen LogP contribution in [0.2, 0.25) is 0 Å². The van der Waals surface area contributed by atoms with Gasteiger partial charge < -0.3 is 19.6 Å². The van der Waals surface area contributed by atoms with E-state index in [-0.39, 0.29) is 18.2 Å². The summed E-state index contributed by atoms with van der Waals surface area (Å²) in [6, 6.07) is 7.09. The third-order valence-electron chi connectivity index (χ3n) is 3.52. The van der Waals surface area contributed by atoms with E-state index in [9.17, 15) is 14.7 Å². The number of quaternary nitrogens is 1. The lowest BCUT2D eigenvalue weighted by Gasteiger charge is -2.33. The Labute approximate surface area is 123 Å². The van der Waals surface area contributed by atoms with Gasteiger partial charge in [-0.05, 0) is 24.3 Å². The quantitative estimate of drug-likeness (QED) is 0.665. The average Bonchev–Trinajstić information content (AvgIpc) is 2.48. The lowest BCUT2D eigenvalue weighted by molar-refractivity contribution is -0.892. The second-order valence-corrected chi connectivity index (χ2v) is 4.97. The lowest BCUT2D eigenvalue weighted by Crippen LogP contribution is -3.16. The van der Waals surface area contributed by atoms with E-state index < -0.39 is 6.09 Å². The molecule has 1 saturated heterocycles. The predicted octanol–water partition coefficient (Wildman–Crippen LogP) is -1.02. The highest BCUT2D eigenvalue weighted by Crippen LogP contribution is 2.17. The van der Waals surface area contributed by atoms with Gasteiger partial charge in [0.1, 0.15) is 5.75 Å². The summed E-state index contributed by atoms with van der Waals surface area (Å²) in [5.74, 6) is -0.0718. The van der Waals surface area contributed by atoms with Crippen LogP contribution in [0.25, 0.3) is 0 Å². The van der Waals surface area contributed by atoms with Crippen LogP contribution in [0.4, 0.5) is 10.5 Å². The van der Waals surface area contributed by atoms with E-state index in [0.29, 0.717) is 0 Å². The first-order chi connectivity index (χ1) is 10.1.